The lowest BCUT2D eigenvalue weighted by Gasteiger charge is -2.28. The first-order valence-corrected chi connectivity index (χ1v) is 9.49. The van der Waals surface area contributed by atoms with Crippen molar-refractivity contribution < 1.29 is 14.3 Å². The van der Waals surface area contributed by atoms with Gasteiger partial charge < -0.3 is 15.4 Å². The zero-order valence-corrected chi connectivity index (χ0v) is 16.6. The predicted octanol–water partition coefficient (Wildman–Crippen LogP) is 2.72. The molecule has 0 saturated heterocycles. The van der Waals surface area contributed by atoms with Gasteiger partial charge in [-0.3, -0.25) is 9.20 Å². The van der Waals surface area contributed by atoms with Gasteiger partial charge in [0.2, 0.25) is 0 Å². The monoisotopic (exact) mass is 424 g/mol. The molecule has 2 aromatic heterocycles. The van der Waals surface area contributed by atoms with Crippen LogP contribution in [0.4, 0.5) is 4.79 Å². The molecule has 1 atom stereocenters. The van der Waals surface area contributed by atoms with Crippen molar-refractivity contribution in [3.8, 4) is 0 Å². The zero-order chi connectivity index (χ0) is 21.3. The van der Waals surface area contributed by atoms with Gasteiger partial charge in [-0.1, -0.05) is 48.0 Å². The topological polar surface area (TPSA) is 102 Å². The van der Waals surface area contributed by atoms with Crippen LogP contribution in [0.3, 0.4) is 0 Å². The molecule has 0 aliphatic carbocycles. The Morgan fingerprint density at radius 2 is 1.90 bits per heavy atom. The summed E-state index contributed by atoms with van der Waals surface area (Å²) in [6, 6.07) is 12.5. The number of allylic oxidation sites excluding steroid dienone is 1. The van der Waals surface area contributed by atoms with Gasteiger partial charge in [0.1, 0.15) is 17.4 Å². The fourth-order valence-corrected chi connectivity index (χ4v) is 3.58. The number of carbonyl (C=O) groups excluding carboxylic acids is 2. The first-order valence-electron chi connectivity index (χ1n) is 9.12. The molecule has 3 heterocycles. The van der Waals surface area contributed by atoms with Crippen LogP contribution in [0.2, 0.25) is 5.15 Å². The molecule has 152 valence electrons. The number of fused-ring (bicyclic) bond motifs is 1. The number of ether oxygens (including phenoxy) is 1. The van der Waals surface area contributed by atoms with Crippen molar-refractivity contribution >= 4 is 29.2 Å². The fourth-order valence-electron chi connectivity index (χ4n) is 3.30. The van der Waals surface area contributed by atoms with Crippen LogP contribution in [-0.4, -0.2) is 21.4 Å². The molecule has 0 saturated carbocycles. The summed E-state index contributed by atoms with van der Waals surface area (Å²) in [5.41, 5.74) is 1.02. The number of hydrogen-bond acceptors (Lipinski definition) is 5. The summed E-state index contributed by atoms with van der Waals surface area (Å²) in [6.45, 7) is 1.60. The Morgan fingerprint density at radius 3 is 2.67 bits per heavy atom. The number of aromatic nitrogens is 2. The van der Waals surface area contributed by atoms with Crippen LogP contribution in [0.1, 0.15) is 24.1 Å². The third-order valence-corrected chi connectivity index (χ3v) is 5.00. The van der Waals surface area contributed by atoms with Crippen molar-refractivity contribution in [2.45, 2.75) is 19.6 Å². The molecule has 1 aliphatic rings. The SMILES string of the molecule is CC1=C(C(=O)OCc2ccccc2)C(c2c(Cl)nc3ccccn3c2=O)NC(=O)N1. The Morgan fingerprint density at radius 1 is 1.17 bits per heavy atom. The van der Waals surface area contributed by atoms with Crippen molar-refractivity contribution in [1.29, 1.82) is 0 Å². The van der Waals surface area contributed by atoms with Crippen LogP contribution in [0.25, 0.3) is 5.65 Å². The molecule has 4 rings (SSSR count). The number of pyridine rings is 1. The highest BCUT2D eigenvalue weighted by atomic mass is 35.5. The number of halogens is 1. The van der Waals surface area contributed by atoms with Gasteiger partial charge in [-0.05, 0) is 24.6 Å². The van der Waals surface area contributed by atoms with Crippen LogP contribution in [0, 0.1) is 0 Å². The molecule has 8 nitrogen and oxygen atoms in total. The lowest BCUT2D eigenvalue weighted by atomic mass is 9.97. The van der Waals surface area contributed by atoms with Crippen LogP contribution in [-0.2, 0) is 16.1 Å². The van der Waals surface area contributed by atoms with Gasteiger partial charge in [0, 0.05) is 11.9 Å². The number of nitrogens with zero attached hydrogens (tertiary/aromatic N) is 2. The normalized spacial score (nSPS) is 16.2. The zero-order valence-electron chi connectivity index (χ0n) is 15.9. The van der Waals surface area contributed by atoms with Crippen molar-refractivity contribution in [3.63, 3.8) is 0 Å². The van der Waals surface area contributed by atoms with Crippen molar-refractivity contribution in [3.05, 3.63) is 92.6 Å². The Labute approximate surface area is 176 Å². The average molecular weight is 425 g/mol. The molecule has 3 aromatic rings. The Balaban J connectivity index is 1.75. The summed E-state index contributed by atoms with van der Waals surface area (Å²) in [6.07, 6.45) is 1.54. The third kappa shape index (κ3) is 3.65. The van der Waals surface area contributed by atoms with Crippen molar-refractivity contribution in [1.82, 2.24) is 20.0 Å². The lowest BCUT2D eigenvalue weighted by molar-refractivity contribution is -0.140. The van der Waals surface area contributed by atoms with E-state index in [4.69, 9.17) is 16.3 Å². The van der Waals surface area contributed by atoms with Crippen molar-refractivity contribution in [2.24, 2.45) is 0 Å². The van der Waals surface area contributed by atoms with Crippen molar-refractivity contribution in [2.75, 3.05) is 0 Å². The second-order valence-electron chi connectivity index (χ2n) is 6.68. The number of nitrogens with one attached hydrogen (secondary N) is 2. The summed E-state index contributed by atoms with van der Waals surface area (Å²) in [4.78, 5) is 42.4. The largest absolute Gasteiger partial charge is 0.457 e. The first-order chi connectivity index (χ1) is 14.5. The molecule has 30 heavy (non-hydrogen) atoms. The second kappa shape index (κ2) is 8.00. The van der Waals surface area contributed by atoms with Gasteiger partial charge in [0.15, 0.2) is 0 Å². The van der Waals surface area contributed by atoms with Crippen LogP contribution in [0.5, 0.6) is 0 Å². The highest BCUT2D eigenvalue weighted by Crippen LogP contribution is 2.29. The van der Waals surface area contributed by atoms with E-state index in [2.05, 4.69) is 15.6 Å². The van der Waals surface area contributed by atoms with E-state index >= 15 is 0 Å². The summed E-state index contributed by atoms with van der Waals surface area (Å²) in [5.74, 6) is -0.678. The van der Waals surface area contributed by atoms with Crippen LogP contribution in [0.15, 0.2) is 70.8 Å². The highest BCUT2D eigenvalue weighted by Gasteiger charge is 2.36. The van der Waals surface area contributed by atoms with E-state index in [1.165, 1.54) is 10.6 Å². The number of benzene rings is 1. The standard InChI is InChI=1S/C21H17ClN4O4/c1-12-15(20(28)30-11-13-7-3-2-4-8-13)17(25-21(29)23-12)16-18(22)24-14-9-5-6-10-26(14)19(16)27/h2-10,17H,11H2,1H3,(H2,23,25,29). The maximum Gasteiger partial charge on any atom is 0.338 e. The smallest absolute Gasteiger partial charge is 0.338 e. The van der Waals surface area contributed by atoms with Gasteiger partial charge in [-0.25, -0.2) is 14.6 Å². The molecule has 2 amide bonds. The minimum absolute atomic E-state index is 0.0128. The number of amides is 2. The molecule has 0 radical (unpaired) electrons. The lowest BCUT2D eigenvalue weighted by Crippen LogP contribution is -2.47. The maximum atomic E-state index is 13.1. The van der Waals surface area contributed by atoms with Gasteiger partial charge in [-0.15, -0.1) is 0 Å². The van der Waals surface area contributed by atoms with E-state index in [-0.39, 0.29) is 28.6 Å². The van der Waals surface area contributed by atoms with Crippen LogP contribution < -0.4 is 16.2 Å². The molecule has 0 fully saturated rings. The highest BCUT2D eigenvalue weighted by molar-refractivity contribution is 6.30. The second-order valence-corrected chi connectivity index (χ2v) is 7.04. The predicted molar refractivity (Wildman–Crippen MR) is 110 cm³/mol. The minimum Gasteiger partial charge on any atom is -0.457 e. The molecule has 0 spiro atoms. The number of carbonyl (C=O) groups is 2. The summed E-state index contributed by atoms with van der Waals surface area (Å²) >= 11 is 6.31. The Bertz CT molecular complexity index is 1240. The fraction of sp³-hybridized carbons (Fsp3) is 0.143. The van der Waals surface area contributed by atoms with Gasteiger partial charge in [0.05, 0.1) is 17.2 Å². The van der Waals surface area contributed by atoms with Crippen LogP contribution >= 0.6 is 11.6 Å². The molecule has 9 heteroatoms. The Kier molecular flexibility index (Phi) is 5.24. The summed E-state index contributed by atoms with van der Waals surface area (Å²) < 4.78 is 6.73. The maximum absolute atomic E-state index is 13.1. The molecule has 1 unspecified atom stereocenters. The van der Waals surface area contributed by atoms with E-state index in [9.17, 15) is 14.4 Å². The molecular formula is C21H17ClN4O4. The number of hydrogen-bond donors (Lipinski definition) is 2. The van der Waals surface area contributed by atoms with Gasteiger partial charge in [0.25, 0.3) is 5.56 Å². The number of rotatable bonds is 4. The molecular weight excluding hydrogens is 408 g/mol. The summed E-state index contributed by atoms with van der Waals surface area (Å²) in [5, 5.41) is 5.04. The van der Waals surface area contributed by atoms with E-state index in [0.29, 0.717) is 5.65 Å². The van der Waals surface area contributed by atoms with E-state index in [1.807, 2.05) is 30.3 Å². The van der Waals surface area contributed by atoms with E-state index < -0.39 is 23.6 Å². The van der Waals surface area contributed by atoms with Gasteiger partial charge >= 0.3 is 12.0 Å². The molecule has 1 aromatic carbocycles. The molecule has 1 aliphatic heterocycles. The Hall–Kier alpha value is -3.65. The number of esters is 1. The number of urea groups is 1. The average Bonchev–Trinajstić information content (AvgIpc) is 2.72. The first kappa shape index (κ1) is 19.7. The molecule has 0 bridgehead atoms. The van der Waals surface area contributed by atoms with E-state index in [1.54, 1.807) is 25.1 Å². The van der Waals surface area contributed by atoms with E-state index in [0.717, 1.165) is 5.56 Å². The minimum atomic E-state index is -1.10. The third-order valence-electron chi connectivity index (χ3n) is 4.71. The van der Waals surface area contributed by atoms with Gasteiger partial charge in [-0.2, -0.15) is 0 Å². The molecule has 2 N–H and O–H groups in total. The quantitative estimate of drug-likeness (QED) is 0.495. The summed E-state index contributed by atoms with van der Waals surface area (Å²) in [7, 11) is 0.